The zero-order chi connectivity index (χ0) is 14.4. The molecule has 1 rings (SSSR count). The van der Waals surface area contributed by atoms with E-state index in [1.807, 2.05) is 0 Å². The van der Waals surface area contributed by atoms with Crippen LogP contribution in [0.5, 0.6) is 0 Å². The van der Waals surface area contributed by atoms with Crippen LogP contribution in [0.3, 0.4) is 0 Å². The second-order valence-electron chi connectivity index (χ2n) is 3.62. The molecular formula is C10H6ClF7. The summed E-state index contributed by atoms with van der Waals surface area (Å²) in [6.45, 7) is 1.18. The van der Waals surface area contributed by atoms with Gasteiger partial charge in [0.25, 0.3) is 0 Å². The van der Waals surface area contributed by atoms with E-state index < -0.39 is 23.6 Å². The molecule has 0 amide bonds. The third-order valence-corrected chi connectivity index (χ3v) is 2.76. The van der Waals surface area contributed by atoms with Crippen molar-refractivity contribution in [2.24, 2.45) is 0 Å². The minimum Gasteiger partial charge on any atom is -0.218 e. The van der Waals surface area contributed by atoms with Crippen LogP contribution in [-0.4, -0.2) is 12.4 Å². The molecule has 0 saturated heterocycles. The topological polar surface area (TPSA) is 0 Å². The van der Waals surface area contributed by atoms with Crippen LogP contribution in [0.2, 0.25) is 5.02 Å². The molecule has 0 aliphatic carbocycles. The van der Waals surface area contributed by atoms with E-state index >= 15 is 0 Å². The van der Waals surface area contributed by atoms with Gasteiger partial charge in [-0.15, -0.1) is 0 Å². The van der Waals surface area contributed by atoms with Crippen molar-refractivity contribution in [3.63, 3.8) is 0 Å². The van der Waals surface area contributed by atoms with Gasteiger partial charge in [0.05, 0.1) is 0 Å². The quantitative estimate of drug-likeness (QED) is 0.644. The molecule has 0 nitrogen and oxygen atoms in total. The first-order valence-corrected chi connectivity index (χ1v) is 4.88. The summed E-state index contributed by atoms with van der Waals surface area (Å²) in [5.74, 6) is 0. The van der Waals surface area contributed by atoms with Gasteiger partial charge in [0.15, 0.2) is 0 Å². The van der Waals surface area contributed by atoms with E-state index in [0.717, 1.165) is 6.07 Å². The van der Waals surface area contributed by atoms with Crippen molar-refractivity contribution in [3.05, 3.63) is 34.3 Å². The summed E-state index contributed by atoms with van der Waals surface area (Å²) in [7, 11) is 0. The highest BCUT2D eigenvalue weighted by Crippen LogP contribution is 2.53. The van der Waals surface area contributed by atoms with Crippen LogP contribution < -0.4 is 0 Å². The summed E-state index contributed by atoms with van der Waals surface area (Å²) in [4.78, 5) is 0. The number of aryl methyl sites for hydroxylation is 1. The van der Waals surface area contributed by atoms with Gasteiger partial charge in [-0.25, -0.2) is 4.39 Å². The van der Waals surface area contributed by atoms with Crippen molar-refractivity contribution in [2.75, 3.05) is 0 Å². The second-order valence-corrected chi connectivity index (χ2v) is 4.03. The average molecular weight is 295 g/mol. The number of alkyl halides is 7. The minimum atomic E-state index is -6.11. The van der Waals surface area contributed by atoms with Crippen LogP contribution in [0.15, 0.2) is 18.2 Å². The van der Waals surface area contributed by atoms with Crippen molar-refractivity contribution in [1.82, 2.24) is 0 Å². The van der Waals surface area contributed by atoms with Crippen molar-refractivity contribution < 1.29 is 30.7 Å². The summed E-state index contributed by atoms with van der Waals surface area (Å²) in [6.07, 6.45) is -12.2. The largest absolute Gasteiger partial charge is 0.435 e. The predicted octanol–water partition coefficient (Wildman–Crippen LogP) is 4.94. The van der Waals surface area contributed by atoms with Crippen molar-refractivity contribution in [2.45, 2.75) is 24.9 Å². The molecule has 0 saturated carbocycles. The van der Waals surface area contributed by atoms with Crippen molar-refractivity contribution >= 4 is 11.6 Å². The first-order chi connectivity index (χ1) is 7.91. The fraction of sp³-hybridized carbons (Fsp3) is 0.400. The van der Waals surface area contributed by atoms with Gasteiger partial charge < -0.3 is 0 Å². The summed E-state index contributed by atoms with van der Waals surface area (Å²) in [5, 5.41) is -0.0505. The van der Waals surface area contributed by atoms with E-state index in [2.05, 4.69) is 0 Å². The summed E-state index contributed by atoms with van der Waals surface area (Å²) < 4.78 is 87.9. The Kier molecular flexibility index (Phi) is 3.60. The molecule has 102 valence electrons. The Morgan fingerprint density at radius 1 is 0.889 bits per heavy atom. The third-order valence-electron chi connectivity index (χ3n) is 2.34. The second kappa shape index (κ2) is 4.29. The zero-order valence-electron chi connectivity index (χ0n) is 8.76. The third kappa shape index (κ3) is 2.28. The molecule has 0 radical (unpaired) electrons. The molecule has 0 aliphatic heterocycles. The van der Waals surface area contributed by atoms with Crippen LogP contribution >= 0.6 is 11.6 Å². The van der Waals surface area contributed by atoms with Crippen LogP contribution in [-0.2, 0) is 5.67 Å². The summed E-state index contributed by atoms with van der Waals surface area (Å²) in [5.41, 5.74) is -7.02. The molecule has 1 aromatic rings. The Morgan fingerprint density at radius 2 is 1.33 bits per heavy atom. The van der Waals surface area contributed by atoms with E-state index in [1.54, 1.807) is 0 Å². The number of hydrogen-bond donors (Lipinski definition) is 0. The maximum atomic E-state index is 13.6. The van der Waals surface area contributed by atoms with Gasteiger partial charge in [0, 0.05) is 10.6 Å². The number of rotatable bonds is 1. The molecule has 0 spiro atoms. The van der Waals surface area contributed by atoms with Gasteiger partial charge in [-0.05, 0) is 18.6 Å². The average Bonchev–Trinajstić information content (AvgIpc) is 2.17. The highest BCUT2D eigenvalue weighted by atomic mass is 35.5. The van der Waals surface area contributed by atoms with Gasteiger partial charge >= 0.3 is 18.0 Å². The van der Waals surface area contributed by atoms with Gasteiger partial charge in [0.1, 0.15) is 0 Å². The SMILES string of the molecule is Cc1cc(C(F)(C(F)(F)F)C(F)(F)F)ccc1Cl. The molecule has 0 N–H and O–H groups in total. The first-order valence-electron chi connectivity index (χ1n) is 4.50. The Labute approximate surface area is 102 Å². The molecule has 0 fully saturated rings. The lowest BCUT2D eigenvalue weighted by Gasteiger charge is -2.30. The highest BCUT2D eigenvalue weighted by molar-refractivity contribution is 6.31. The summed E-state index contributed by atoms with van der Waals surface area (Å²) in [6, 6.07) is 1.59. The van der Waals surface area contributed by atoms with Crippen LogP contribution in [0.25, 0.3) is 0 Å². The van der Waals surface area contributed by atoms with E-state index in [4.69, 9.17) is 11.6 Å². The molecule has 0 unspecified atom stereocenters. The first kappa shape index (κ1) is 15.1. The van der Waals surface area contributed by atoms with Crippen molar-refractivity contribution in [3.8, 4) is 0 Å². The standard InChI is InChI=1S/C10H6ClF7/c1-5-4-6(2-3-7(5)11)8(12,9(13,14)15)10(16,17)18/h2-4H,1H3. The Balaban J connectivity index is 3.51. The monoisotopic (exact) mass is 294 g/mol. The maximum absolute atomic E-state index is 13.6. The van der Waals surface area contributed by atoms with Gasteiger partial charge in [0.2, 0.25) is 0 Å². The van der Waals surface area contributed by atoms with E-state index in [-0.39, 0.29) is 10.6 Å². The molecule has 0 atom stereocenters. The normalized spacial score (nSPS) is 13.8. The Bertz CT molecular complexity index is 433. The fourth-order valence-electron chi connectivity index (χ4n) is 1.35. The molecule has 8 heteroatoms. The number of benzene rings is 1. The molecule has 0 aliphatic rings. The van der Waals surface area contributed by atoms with Gasteiger partial charge in [-0.1, -0.05) is 23.7 Å². The van der Waals surface area contributed by atoms with Crippen molar-refractivity contribution in [1.29, 1.82) is 0 Å². The molecule has 0 heterocycles. The van der Waals surface area contributed by atoms with Gasteiger partial charge in [-0.2, -0.15) is 26.3 Å². The molecule has 0 bridgehead atoms. The highest BCUT2D eigenvalue weighted by Gasteiger charge is 2.73. The predicted molar refractivity (Wildman–Crippen MR) is 51.1 cm³/mol. The van der Waals surface area contributed by atoms with E-state index in [9.17, 15) is 30.7 Å². The molecule has 1 aromatic carbocycles. The number of hydrogen-bond acceptors (Lipinski definition) is 0. The minimum absolute atomic E-state index is 0.0505. The zero-order valence-corrected chi connectivity index (χ0v) is 9.51. The van der Waals surface area contributed by atoms with Gasteiger partial charge in [-0.3, -0.25) is 0 Å². The lowest BCUT2D eigenvalue weighted by molar-refractivity contribution is -0.348. The Morgan fingerprint density at radius 3 is 1.67 bits per heavy atom. The maximum Gasteiger partial charge on any atom is 0.435 e. The fourth-order valence-corrected chi connectivity index (χ4v) is 1.46. The molecule has 0 aromatic heterocycles. The lowest BCUT2D eigenvalue weighted by Crippen LogP contribution is -2.50. The van der Waals surface area contributed by atoms with Crippen LogP contribution in [0.4, 0.5) is 30.7 Å². The summed E-state index contributed by atoms with van der Waals surface area (Å²) >= 11 is 5.47. The molecular weight excluding hydrogens is 289 g/mol. The number of halogens is 8. The lowest BCUT2D eigenvalue weighted by atomic mass is 9.93. The van der Waals surface area contributed by atoms with Crippen LogP contribution in [0.1, 0.15) is 11.1 Å². The smallest absolute Gasteiger partial charge is 0.218 e. The van der Waals surface area contributed by atoms with Crippen LogP contribution in [0, 0.1) is 6.92 Å². The Hall–Kier alpha value is -0.980. The van der Waals surface area contributed by atoms with E-state index in [1.165, 1.54) is 6.92 Å². The van der Waals surface area contributed by atoms with E-state index in [0.29, 0.717) is 12.1 Å². The molecule has 18 heavy (non-hydrogen) atoms.